The Bertz CT molecular complexity index is 895. The van der Waals surface area contributed by atoms with Gasteiger partial charge in [0.15, 0.2) is 5.82 Å². The van der Waals surface area contributed by atoms with E-state index < -0.39 is 5.97 Å². The summed E-state index contributed by atoms with van der Waals surface area (Å²) in [5.74, 6) is -0.637. The van der Waals surface area contributed by atoms with E-state index in [2.05, 4.69) is 15.3 Å². The van der Waals surface area contributed by atoms with Crippen LogP contribution in [-0.4, -0.2) is 25.6 Å². The molecule has 0 unspecified atom stereocenters. The highest BCUT2D eigenvalue weighted by molar-refractivity contribution is 6.36. The molecule has 0 saturated carbocycles. The first-order chi connectivity index (χ1) is 10.5. The molecule has 9 heteroatoms. The third-order valence-corrected chi connectivity index (χ3v) is 3.70. The fraction of sp³-hybridized carbons (Fsp3) is 0.0714. The number of carboxylic acids is 1. The number of aryl methyl sites for hydroxylation is 1. The van der Waals surface area contributed by atoms with Gasteiger partial charge in [-0.1, -0.05) is 23.2 Å². The highest BCUT2D eigenvalue weighted by atomic mass is 35.5. The second kappa shape index (κ2) is 6.62. The Morgan fingerprint density at radius 3 is 2.70 bits per heavy atom. The lowest BCUT2D eigenvalue weighted by molar-refractivity contribution is 0.0698. The molecule has 0 aliphatic heterocycles. The molecule has 0 atom stereocenters. The van der Waals surface area contributed by atoms with Crippen molar-refractivity contribution < 1.29 is 9.90 Å². The topological polar surface area (TPSA) is 80.0 Å². The van der Waals surface area contributed by atoms with Crippen LogP contribution in [0.4, 0.5) is 11.5 Å². The molecule has 6 nitrogen and oxygen atoms in total. The lowest BCUT2D eigenvalue weighted by Gasteiger charge is -2.09. The van der Waals surface area contributed by atoms with E-state index in [9.17, 15) is 9.90 Å². The normalized spacial score (nSPS) is 10.4. The fourth-order valence-corrected chi connectivity index (χ4v) is 2.59. The van der Waals surface area contributed by atoms with Crippen LogP contribution in [0.15, 0.2) is 30.7 Å². The average molecular weight is 374 g/mol. The summed E-state index contributed by atoms with van der Waals surface area (Å²) in [6.45, 7) is 0. The summed E-state index contributed by atoms with van der Waals surface area (Å²) in [5.41, 5.74) is 1.62. The van der Waals surface area contributed by atoms with Crippen LogP contribution in [0.2, 0.25) is 10.0 Å². The zero-order valence-corrected chi connectivity index (χ0v) is 14.1. The molecule has 3 rings (SSSR count). The average Bonchev–Trinajstić information content (AvgIpc) is 2.85. The maximum Gasteiger partial charge on any atom is 0.339 e. The molecule has 0 amide bonds. The number of benzene rings is 1. The maximum absolute atomic E-state index is 11.3. The number of carbonyl (C=O) groups is 1. The van der Waals surface area contributed by atoms with Crippen LogP contribution in [0.1, 0.15) is 10.4 Å². The number of aromatic carboxylic acids is 1. The predicted octanol–water partition coefficient (Wildman–Crippen LogP) is 4.14. The summed E-state index contributed by atoms with van der Waals surface area (Å²) in [4.78, 5) is 19.6. The van der Waals surface area contributed by atoms with Crippen LogP contribution in [0.25, 0.3) is 11.0 Å². The van der Waals surface area contributed by atoms with Gasteiger partial charge in [0.05, 0.1) is 22.6 Å². The van der Waals surface area contributed by atoms with Crippen molar-refractivity contribution in [2.24, 2.45) is 7.05 Å². The van der Waals surface area contributed by atoms with Crippen LogP contribution in [0.3, 0.4) is 0 Å². The van der Waals surface area contributed by atoms with Crippen LogP contribution in [0, 0.1) is 0 Å². The van der Waals surface area contributed by atoms with Gasteiger partial charge in [-0.05, 0) is 18.2 Å². The zero-order valence-electron chi connectivity index (χ0n) is 11.7. The molecule has 2 N–H and O–H groups in total. The van der Waals surface area contributed by atoms with Crippen LogP contribution in [0.5, 0.6) is 0 Å². The second-order valence-corrected chi connectivity index (χ2v) is 5.47. The molecule has 0 aliphatic carbocycles. The van der Waals surface area contributed by atoms with Crippen LogP contribution in [-0.2, 0) is 7.05 Å². The predicted molar refractivity (Wildman–Crippen MR) is 92.5 cm³/mol. The summed E-state index contributed by atoms with van der Waals surface area (Å²) in [7, 11) is 1.72. The number of hydrogen-bond donors (Lipinski definition) is 2. The van der Waals surface area contributed by atoms with Gasteiger partial charge < -0.3 is 15.0 Å². The first-order valence-corrected chi connectivity index (χ1v) is 6.98. The number of rotatable bonds is 3. The second-order valence-electron chi connectivity index (χ2n) is 4.63. The molecule has 2 heterocycles. The van der Waals surface area contributed by atoms with Gasteiger partial charge in [-0.15, -0.1) is 12.4 Å². The number of aromatic nitrogens is 3. The Morgan fingerprint density at radius 1 is 1.30 bits per heavy atom. The van der Waals surface area contributed by atoms with Gasteiger partial charge in [0, 0.05) is 18.3 Å². The van der Waals surface area contributed by atoms with Crippen molar-refractivity contribution in [3.63, 3.8) is 0 Å². The quantitative estimate of drug-likeness (QED) is 0.721. The van der Waals surface area contributed by atoms with Gasteiger partial charge in [-0.3, -0.25) is 0 Å². The molecule has 1 aromatic carbocycles. The number of imidazole rings is 1. The van der Waals surface area contributed by atoms with Gasteiger partial charge in [0.1, 0.15) is 11.1 Å². The molecular weight excluding hydrogens is 363 g/mol. The summed E-state index contributed by atoms with van der Waals surface area (Å²) in [6, 6.07) is 5.01. The highest BCUT2D eigenvalue weighted by Gasteiger charge is 2.17. The number of nitrogens with one attached hydrogen (secondary N) is 1. The number of carboxylic acid groups (broad SMARTS) is 1. The Hall–Kier alpha value is -2.02. The van der Waals surface area contributed by atoms with Crippen molar-refractivity contribution in [2.75, 3.05) is 5.32 Å². The largest absolute Gasteiger partial charge is 0.478 e. The SMILES string of the molecule is Cl.Cn1cnc2c(Nc3ccc(Cl)cc3Cl)ncc(C(=O)O)c21. The van der Waals surface area contributed by atoms with Gasteiger partial charge in [-0.25, -0.2) is 14.8 Å². The van der Waals surface area contributed by atoms with E-state index in [4.69, 9.17) is 23.2 Å². The number of hydrogen-bond acceptors (Lipinski definition) is 4. The van der Waals surface area contributed by atoms with Crippen LogP contribution < -0.4 is 5.32 Å². The van der Waals surface area contributed by atoms with Crippen molar-refractivity contribution in [1.29, 1.82) is 0 Å². The first-order valence-electron chi connectivity index (χ1n) is 6.23. The van der Waals surface area contributed by atoms with E-state index in [1.807, 2.05) is 0 Å². The lowest BCUT2D eigenvalue weighted by atomic mass is 10.2. The first kappa shape index (κ1) is 17.3. The van der Waals surface area contributed by atoms with E-state index in [0.29, 0.717) is 32.6 Å². The maximum atomic E-state index is 11.3. The van der Waals surface area contributed by atoms with Crippen molar-refractivity contribution in [3.05, 3.63) is 46.3 Å². The molecule has 0 saturated heterocycles. The Morgan fingerprint density at radius 2 is 2.04 bits per heavy atom. The summed E-state index contributed by atoms with van der Waals surface area (Å²) < 4.78 is 1.63. The van der Waals surface area contributed by atoms with Gasteiger partial charge in [-0.2, -0.15) is 0 Å². The molecule has 120 valence electrons. The van der Waals surface area contributed by atoms with Crippen molar-refractivity contribution >= 4 is 64.1 Å². The van der Waals surface area contributed by atoms with E-state index >= 15 is 0 Å². The van der Waals surface area contributed by atoms with Crippen molar-refractivity contribution in [2.45, 2.75) is 0 Å². The summed E-state index contributed by atoms with van der Waals surface area (Å²) in [5, 5.41) is 13.2. The molecule has 3 aromatic rings. The minimum absolute atomic E-state index is 0. The standard InChI is InChI=1S/C14H10Cl2N4O2.ClH/c1-20-6-18-11-12(20)8(14(21)22)5-17-13(11)19-10-3-2-7(15)4-9(10)16;/h2-6H,1H3,(H,17,19)(H,21,22);1H. The summed E-state index contributed by atoms with van der Waals surface area (Å²) >= 11 is 12.0. The van der Waals surface area contributed by atoms with E-state index in [0.717, 1.165) is 0 Å². The number of nitrogens with zero attached hydrogens (tertiary/aromatic N) is 3. The fourth-order valence-electron chi connectivity index (χ4n) is 2.14. The molecule has 0 bridgehead atoms. The Kier molecular flexibility index (Phi) is 4.99. The molecule has 0 aliphatic rings. The van der Waals surface area contributed by atoms with E-state index in [1.165, 1.54) is 12.5 Å². The van der Waals surface area contributed by atoms with E-state index in [1.54, 1.807) is 29.8 Å². The minimum atomic E-state index is -1.06. The number of fused-ring (bicyclic) bond motifs is 1. The lowest BCUT2D eigenvalue weighted by Crippen LogP contribution is -2.04. The third kappa shape index (κ3) is 3.19. The van der Waals surface area contributed by atoms with Crippen LogP contribution >= 0.6 is 35.6 Å². The molecular formula is C14H11Cl3N4O2. The number of halogens is 3. The molecule has 0 spiro atoms. The smallest absolute Gasteiger partial charge is 0.339 e. The monoisotopic (exact) mass is 372 g/mol. The van der Waals surface area contributed by atoms with Gasteiger partial charge in [0.2, 0.25) is 0 Å². The minimum Gasteiger partial charge on any atom is -0.478 e. The number of anilines is 2. The van der Waals surface area contributed by atoms with Gasteiger partial charge in [0.25, 0.3) is 0 Å². The Balaban J connectivity index is 0.00000192. The molecule has 2 aromatic heterocycles. The zero-order chi connectivity index (χ0) is 15.9. The van der Waals surface area contributed by atoms with Crippen molar-refractivity contribution in [1.82, 2.24) is 14.5 Å². The molecule has 0 radical (unpaired) electrons. The van der Waals surface area contributed by atoms with Gasteiger partial charge >= 0.3 is 5.97 Å². The molecule has 23 heavy (non-hydrogen) atoms. The van der Waals surface area contributed by atoms with Crippen molar-refractivity contribution in [3.8, 4) is 0 Å². The third-order valence-electron chi connectivity index (χ3n) is 3.15. The van der Waals surface area contributed by atoms with E-state index in [-0.39, 0.29) is 18.0 Å². The number of pyridine rings is 1. The summed E-state index contributed by atoms with van der Waals surface area (Å²) in [6.07, 6.45) is 2.83. The Labute approximate surface area is 147 Å². The highest BCUT2D eigenvalue weighted by Crippen LogP contribution is 2.30. The molecule has 0 fully saturated rings.